The Bertz CT molecular complexity index is 506. The second-order valence-electron chi connectivity index (χ2n) is 3.83. The molecular formula is C10H14Cl2N2O3S. The number of halogens is 2. The quantitative estimate of drug-likeness (QED) is 0.620. The monoisotopic (exact) mass is 312 g/mol. The Morgan fingerprint density at radius 2 is 2.17 bits per heavy atom. The fourth-order valence-corrected chi connectivity index (χ4v) is 2.62. The van der Waals surface area contributed by atoms with Gasteiger partial charge in [-0.15, -0.1) is 0 Å². The first-order valence-electron chi connectivity index (χ1n) is 5.31. The van der Waals surface area contributed by atoms with Crippen molar-refractivity contribution < 1.29 is 13.5 Å². The van der Waals surface area contributed by atoms with E-state index in [1.165, 1.54) is 6.07 Å². The van der Waals surface area contributed by atoms with Crippen LogP contribution < -0.4 is 4.72 Å². The Morgan fingerprint density at radius 1 is 1.50 bits per heavy atom. The van der Waals surface area contributed by atoms with Crippen molar-refractivity contribution in [3.8, 4) is 0 Å². The van der Waals surface area contributed by atoms with Crippen LogP contribution in [0.2, 0.25) is 10.2 Å². The number of nitrogens with zero attached hydrogens (tertiary/aromatic N) is 1. The summed E-state index contributed by atoms with van der Waals surface area (Å²) < 4.78 is 26.0. The van der Waals surface area contributed by atoms with Gasteiger partial charge in [0.05, 0.1) is 11.1 Å². The third-order valence-corrected chi connectivity index (χ3v) is 4.29. The van der Waals surface area contributed by atoms with Crippen LogP contribution in [0.4, 0.5) is 0 Å². The van der Waals surface area contributed by atoms with Gasteiger partial charge >= 0.3 is 0 Å². The van der Waals surface area contributed by atoms with Gasteiger partial charge in [-0.2, -0.15) is 0 Å². The third kappa shape index (κ3) is 4.70. The average molecular weight is 313 g/mol. The fraction of sp³-hybridized carbons (Fsp3) is 0.500. The molecule has 0 aliphatic rings. The number of aliphatic hydroxyl groups is 1. The normalized spacial score (nSPS) is 13.6. The molecule has 0 spiro atoms. The topological polar surface area (TPSA) is 79.3 Å². The summed E-state index contributed by atoms with van der Waals surface area (Å²) in [5.74, 6) is 0. The lowest BCUT2D eigenvalue weighted by Gasteiger charge is -2.08. The summed E-state index contributed by atoms with van der Waals surface area (Å²) in [6.07, 6.45) is 1.78. The van der Waals surface area contributed by atoms with Gasteiger partial charge in [-0.3, -0.25) is 0 Å². The highest BCUT2D eigenvalue weighted by atomic mass is 35.5. The minimum Gasteiger partial charge on any atom is -0.393 e. The predicted molar refractivity (Wildman–Crippen MR) is 70.4 cm³/mol. The number of hydrogen-bond acceptors (Lipinski definition) is 4. The number of aromatic nitrogens is 1. The highest BCUT2D eigenvalue weighted by molar-refractivity contribution is 7.89. The SMILES string of the molecule is CC(O)CCCNS(=O)(=O)c1cnc(Cl)c(Cl)c1. The van der Waals surface area contributed by atoms with Crippen molar-refractivity contribution in [1.29, 1.82) is 0 Å². The van der Waals surface area contributed by atoms with Crippen molar-refractivity contribution in [3.63, 3.8) is 0 Å². The molecule has 1 rings (SSSR count). The smallest absolute Gasteiger partial charge is 0.242 e. The first-order valence-corrected chi connectivity index (χ1v) is 7.55. The molecule has 0 aromatic carbocycles. The van der Waals surface area contributed by atoms with Crippen molar-refractivity contribution in [3.05, 3.63) is 22.4 Å². The summed E-state index contributed by atoms with van der Waals surface area (Å²) in [4.78, 5) is 3.64. The molecule has 8 heteroatoms. The molecule has 0 saturated heterocycles. The maximum absolute atomic E-state index is 11.8. The van der Waals surface area contributed by atoms with E-state index in [9.17, 15) is 8.42 Å². The van der Waals surface area contributed by atoms with Gasteiger partial charge in [0.25, 0.3) is 0 Å². The molecule has 2 N–H and O–H groups in total. The number of pyridine rings is 1. The summed E-state index contributed by atoms with van der Waals surface area (Å²) in [7, 11) is -3.63. The number of hydrogen-bond donors (Lipinski definition) is 2. The Labute approximate surface area is 116 Å². The zero-order valence-corrected chi connectivity index (χ0v) is 12.1. The standard InChI is InChI=1S/C10H14Cl2N2O3S/c1-7(15)3-2-4-14-18(16,17)8-5-9(11)10(12)13-6-8/h5-7,14-15H,2-4H2,1H3. The Hall–Kier alpha value is -0.400. The van der Waals surface area contributed by atoms with Crippen molar-refractivity contribution in [2.75, 3.05) is 6.54 Å². The van der Waals surface area contributed by atoms with Gasteiger partial charge in [-0.05, 0) is 25.8 Å². The molecule has 102 valence electrons. The predicted octanol–water partition coefficient (Wildman–Crippen LogP) is 1.83. The molecule has 0 radical (unpaired) electrons. The highest BCUT2D eigenvalue weighted by Gasteiger charge is 2.15. The number of nitrogens with one attached hydrogen (secondary N) is 1. The minimum atomic E-state index is -3.63. The van der Waals surface area contributed by atoms with Crippen LogP contribution in [0.5, 0.6) is 0 Å². The van der Waals surface area contributed by atoms with Crippen molar-refractivity contribution >= 4 is 33.2 Å². The lowest BCUT2D eigenvalue weighted by molar-refractivity contribution is 0.182. The zero-order valence-electron chi connectivity index (χ0n) is 9.73. The molecule has 1 aromatic rings. The maximum atomic E-state index is 11.8. The van der Waals surface area contributed by atoms with Crippen LogP contribution in [0.3, 0.4) is 0 Å². The largest absolute Gasteiger partial charge is 0.393 e. The highest BCUT2D eigenvalue weighted by Crippen LogP contribution is 2.21. The molecule has 0 fully saturated rings. The van der Waals surface area contributed by atoms with E-state index in [-0.39, 0.29) is 21.6 Å². The van der Waals surface area contributed by atoms with E-state index in [2.05, 4.69) is 9.71 Å². The molecule has 18 heavy (non-hydrogen) atoms. The minimum absolute atomic E-state index is 0.0334. The Balaban J connectivity index is 2.66. The molecule has 1 atom stereocenters. The van der Waals surface area contributed by atoms with Gasteiger partial charge in [0.2, 0.25) is 10.0 Å². The summed E-state index contributed by atoms with van der Waals surface area (Å²) in [5.41, 5.74) is 0. The van der Waals surface area contributed by atoms with E-state index in [1.54, 1.807) is 6.92 Å². The lowest BCUT2D eigenvalue weighted by atomic mass is 10.2. The van der Waals surface area contributed by atoms with Gasteiger partial charge in [0.15, 0.2) is 0 Å². The van der Waals surface area contributed by atoms with Crippen LogP contribution in [0.15, 0.2) is 17.2 Å². The second kappa shape index (κ2) is 6.68. The second-order valence-corrected chi connectivity index (χ2v) is 6.36. The van der Waals surface area contributed by atoms with Crippen molar-refractivity contribution in [1.82, 2.24) is 9.71 Å². The van der Waals surface area contributed by atoms with Crippen molar-refractivity contribution in [2.24, 2.45) is 0 Å². The molecular weight excluding hydrogens is 299 g/mol. The first kappa shape index (κ1) is 15.7. The van der Waals surface area contributed by atoms with Gasteiger partial charge in [-0.1, -0.05) is 23.2 Å². The molecule has 1 heterocycles. The third-order valence-electron chi connectivity index (χ3n) is 2.17. The van der Waals surface area contributed by atoms with Crippen LogP contribution in [0.1, 0.15) is 19.8 Å². The average Bonchev–Trinajstić information content (AvgIpc) is 2.28. The number of sulfonamides is 1. The zero-order chi connectivity index (χ0) is 13.8. The van der Waals surface area contributed by atoms with E-state index in [0.29, 0.717) is 12.8 Å². The van der Waals surface area contributed by atoms with Gasteiger partial charge < -0.3 is 5.11 Å². The van der Waals surface area contributed by atoms with Crippen molar-refractivity contribution in [2.45, 2.75) is 30.8 Å². The molecule has 1 aromatic heterocycles. The summed E-state index contributed by atoms with van der Waals surface area (Å²) in [6, 6.07) is 1.24. The van der Waals surface area contributed by atoms with Gasteiger partial charge in [0.1, 0.15) is 10.0 Å². The summed E-state index contributed by atoms with van der Waals surface area (Å²) in [6.45, 7) is 1.89. The van der Waals surface area contributed by atoms with Crippen LogP contribution in [0.25, 0.3) is 0 Å². The molecule has 0 bridgehead atoms. The Morgan fingerprint density at radius 3 is 2.72 bits per heavy atom. The van der Waals surface area contributed by atoms with Crippen LogP contribution in [-0.2, 0) is 10.0 Å². The summed E-state index contributed by atoms with van der Waals surface area (Å²) in [5, 5.41) is 9.19. The van der Waals surface area contributed by atoms with E-state index in [1.807, 2.05) is 0 Å². The molecule has 0 amide bonds. The molecule has 0 aliphatic heterocycles. The fourth-order valence-electron chi connectivity index (χ4n) is 1.24. The van der Waals surface area contributed by atoms with Gasteiger partial charge in [0, 0.05) is 12.7 Å². The number of rotatable bonds is 6. The summed E-state index contributed by atoms with van der Waals surface area (Å²) >= 11 is 11.3. The van der Waals surface area contributed by atoms with Crippen LogP contribution >= 0.6 is 23.2 Å². The molecule has 5 nitrogen and oxygen atoms in total. The first-order chi connectivity index (χ1) is 8.33. The van der Waals surface area contributed by atoms with Crippen LogP contribution in [-0.4, -0.2) is 31.2 Å². The number of aliphatic hydroxyl groups excluding tert-OH is 1. The van der Waals surface area contributed by atoms with E-state index in [0.717, 1.165) is 6.20 Å². The maximum Gasteiger partial charge on any atom is 0.242 e. The van der Waals surface area contributed by atoms with Crippen LogP contribution in [0, 0.1) is 0 Å². The molecule has 1 unspecified atom stereocenters. The lowest BCUT2D eigenvalue weighted by Crippen LogP contribution is -2.25. The van der Waals surface area contributed by atoms with E-state index in [4.69, 9.17) is 28.3 Å². The Kier molecular flexibility index (Phi) is 5.81. The van der Waals surface area contributed by atoms with E-state index < -0.39 is 16.1 Å². The van der Waals surface area contributed by atoms with E-state index >= 15 is 0 Å². The van der Waals surface area contributed by atoms with Gasteiger partial charge in [-0.25, -0.2) is 18.1 Å². The molecule has 0 saturated carbocycles. The molecule has 0 aliphatic carbocycles.